The predicted octanol–water partition coefficient (Wildman–Crippen LogP) is 4.41. The van der Waals surface area contributed by atoms with Crippen LogP contribution in [0.25, 0.3) is 11.1 Å². The number of likely N-dealkylation sites (tertiary alicyclic amines) is 1. The molecule has 2 N–H and O–H groups in total. The Labute approximate surface area is 205 Å². The maximum atomic E-state index is 13.4. The molecule has 2 aliphatic carbocycles. The highest BCUT2D eigenvalue weighted by atomic mass is 16.5. The molecule has 0 radical (unpaired) electrons. The van der Waals surface area contributed by atoms with E-state index >= 15 is 0 Å². The quantitative estimate of drug-likeness (QED) is 0.667. The summed E-state index contributed by atoms with van der Waals surface area (Å²) in [5.41, 5.74) is 2.98. The summed E-state index contributed by atoms with van der Waals surface area (Å²) in [6.45, 7) is 4.18. The second-order valence-corrected chi connectivity index (χ2v) is 10.7. The number of alkyl carbamates (subject to hydrolysis) is 1. The predicted molar refractivity (Wildman–Crippen MR) is 131 cm³/mol. The van der Waals surface area contributed by atoms with E-state index in [0.717, 1.165) is 24.0 Å². The molecule has 35 heavy (non-hydrogen) atoms. The van der Waals surface area contributed by atoms with Crippen molar-refractivity contribution in [1.29, 1.82) is 0 Å². The minimum absolute atomic E-state index is 0.0256. The Morgan fingerprint density at radius 1 is 1.00 bits per heavy atom. The lowest BCUT2D eigenvalue weighted by Crippen LogP contribution is -2.66. The van der Waals surface area contributed by atoms with Crippen LogP contribution in [0.15, 0.2) is 48.5 Å². The number of carboxylic acid groups (broad SMARTS) is 1. The first kappa shape index (κ1) is 23.4. The minimum Gasteiger partial charge on any atom is -0.481 e. The van der Waals surface area contributed by atoms with Crippen LogP contribution in [0.4, 0.5) is 4.79 Å². The number of carbonyl (C=O) groups excluding carboxylic acids is 2. The number of nitrogens with zero attached hydrogens (tertiary/aromatic N) is 1. The number of carbonyl (C=O) groups is 3. The molecule has 0 bridgehead atoms. The van der Waals surface area contributed by atoms with Crippen molar-refractivity contribution in [1.82, 2.24) is 10.2 Å². The van der Waals surface area contributed by atoms with Gasteiger partial charge in [0.25, 0.3) is 0 Å². The van der Waals surface area contributed by atoms with Crippen molar-refractivity contribution >= 4 is 18.0 Å². The summed E-state index contributed by atoms with van der Waals surface area (Å²) in [7, 11) is 0. The van der Waals surface area contributed by atoms with Gasteiger partial charge in [0.05, 0.1) is 10.8 Å². The molecule has 0 aromatic heterocycles. The van der Waals surface area contributed by atoms with Crippen LogP contribution in [0.2, 0.25) is 0 Å². The zero-order valence-corrected chi connectivity index (χ0v) is 20.3. The molecule has 184 valence electrons. The fourth-order valence-corrected chi connectivity index (χ4v) is 6.04. The van der Waals surface area contributed by atoms with Crippen LogP contribution in [0.3, 0.4) is 0 Å². The molecule has 7 nitrogen and oxygen atoms in total. The van der Waals surface area contributed by atoms with E-state index in [1.54, 1.807) is 11.8 Å². The number of amides is 2. The van der Waals surface area contributed by atoms with Crippen LogP contribution < -0.4 is 5.32 Å². The summed E-state index contributed by atoms with van der Waals surface area (Å²) < 4.78 is 5.73. The van der Waals surface area contributed by atoms with Crippen LogP contribution in [-0.4, -0.2) is 53.7 Å². The monoisotopic (exact) mass is 476 g/mol. The van der Waals surface area contributed by atoms with Crippen molar-refractivity contribution in [2.75, 3.05) is 19.7 Å². The number of fused-ring (bicyclic) bond motifs is 3. The smallest absolute Gasteiger partial charge is 0.407 e. The maximum absolute atomic E-state index is 13.4. The van der Waals surface area contributed by atoms with Crippen molar-refractivity contribution in [2.45, 2.75) is 51.5 Å². The van der Waals surface area contributed by atoms with Gasteiger partial charge in [0, 0.05) is 25.0 Å². The number of hydrogen-bond acceptors (Lipinski definition) is 4. The molecule has 1 aliphatic heterocycles. The van der Waals surface area contributed by atoms with E-state index < -0.39 is 22.9 Å². The van der Waals surface area contributed by atoms with Gasteiger partial charge in [0.2, 0.25) is 5.91 Å². The molecular formula is C28H32N2O5. The highest BCUT2D eigenvalue weighted by Gasteiger charge is 2.53. The van der Waals surface area contributed by atoms with Gasteiger partial charge in [-0.3, -0.25) is 9.59 Å². The first-order chi connectivity index (χ1) is 16.7. The third-order valence-electron chi connectivity index (χ3n) is 8.22. The van der Waals surface area contributed by atoms with Crippen molar-refractivity contribution in [3.63, 3.8) is 0 Å². The van der Waals surface area contributed by atoms with Gasteiger partial charge in [-0.25, -0.2) is 4.79 Å². The van der Waals surface area contributed by atoms with Crippen LogP contribution in [0, 0.1) is 10.8 Å². The first-order valence-electron chi connectivity index (χ1n) is 12.4. The Bertz CT molecular complexity index is 1130. The average molecular weight is 477 g/mol. The van der Waals surface area contributed by atoms with Crippen molar-refractivity contribution in [2.24, 2.45) is 10.8 Å². The number of nitrogens with one attached hydrogen (secondary N) is 1. The molecule has 3 aliphatic rings. The van der Waals surface area contributed by atoms with Gasteiger partial charge in [0.15, 0.2) is 0 Å². The fraction of sp³-hybridized carbons (Fsp3) is 0.464. The third kappa shape index (κ3) is 3.97. The summed E-state index contributed by atoms with van der Waals surface area (Å²) >= 11 is 0. The standard InChI is InChI=1S/C28H32N2O5/c1-27(25(32)33)16-30(17-27)24(31)28(2)14-8-7-13-23(28)29-26(34)35-15-22-20-11-5-3-9-18(20)19-10-4-6-12-21(19)22/h3-6,9-12,22-23H,7-8,13-17H2,1-2H3,(H,29,34)(H,32,33). The maximum Gasteiger partial charge on any atom is 0.407 e. The molecule has 1 saturated heterocycles. The van der Waals surface area contributed by atoms with E-state index in [1.165, 1.54) is 11.1 Å². The molecule has 5 rings (SSSR count). The fourth-order valence-electron chi connectivity index (χ4n) is 6.04. The first-order valence-corrected chi connectivity index (χ1v) is 12.4. The largest absolute Gasteiger partial charge is 0.481 e. The highest BCUT2D eigenvalue weighted by Crippen LogP contribution is 2.45. The van der Waals surface area contributed by atoms with Gasteiger partial charge in [0.1, 0.15) is 6.61 Å². The van der Waals surface area contributed by atoms with Crippen LogP contribution in [0.5, 0.6) is 0 Å². The number of rotatable bonds is 5. The third-order valence-corrected chi connectivity index (χ3v) is 8.22. The number of ether oxygens (including phenoxy) is 1. The van der Waals surface area contributed by atoms with Crippen LogP contribution in [-0.2, 0) is 14.3 Å². The van der Waals surface area contributed by atoms with Gasteiger partial charge in [-0.15, -0.1) is 0 Å². The Kier molecular flexibility index (Phi) is 5.82. The zero-order valence-electron chi connectivity index (χ0n) is 20.3. The molecule has 2 aromatic carbocycles. The summed E-state index contributed by atoms with van der Waals surface area (Å²) in [5.74, 6) is -0.995. The molecule has 1 saturated carbocycles. The minimum atomic E-state index is -0.892. The van der Waals surface area contributed by atoms with E-state index in [4.69, 9.17) is 4.74 Å². The molecular weight excluding hydrogens is 444 g/mol. The van der Waals surface area contributed by atoms with E-state index in [0.29, 0.717) is 12.8 Å². The number of benzene rings is 2. The van der Waals surface area contributed by atoms with Crippen molar-refractivity contribution < 1.29 is 24.2 Å². The van der Waals surface area contributed by atoms with Crippen molar-refractivity contribution in [3.8, 4) is 11.1 Å². The summed E-state index contributed by atoms with van der Waals surface area (Å²) in [5, 5.41) is 12.4. The van der Waals surface area contributed by atoms with Crippen LogP contribution in [0.1, 0.15) is 56.6 Å². The van der Waals surface area contributed by atoms with E-state index in [2.05, 4.69) is 29.6 Å². The van der Waals surface area contributed by atoms with Crippen molar-refractivity contribution in [3.05, 3.63) is 59.7 Å². The molecule has 2 amide bonds. The van der Waals surface area contributed by atoms with Gasteiger partial charge >= 0.3 is 12.1 Å². The van der Waals surface area contributed by atoms with E-state index in [9.17, 15) is 19.5 Å². The van der Waals surface area contributed by atoms with E-state index in [-0.39, 0.29) is 37.6 Å². The molecule has 2 atom stereocenters. The van der Waals surface area contributed by atoms with Gasteiger partial charge in [-0.2, -0.15) is 0 Å². The molecule has 7 heteroatoms. The van der Waals surface area contributed by atoms with Crippen LogP contribution >= 0.6 is 0 Å². The summed E-state index contributed by atoms with van der Waals surface area (Å²) in [6.07, 6.45) is 2.65. The number of aliphatic carboxylic acids is 1. The molecule has 0 spiro atoms. The molecule has 2 aromatic rings. The molecule has 2 unspecified atom stereocenters. The SMILES string of the molecule is CC1(C(=O)O)CN(C(=O)C2(C)CCCCC2NC(=O)OCC2c3ccccc3-c3ccccc32)C1. The normalized spacial score (nSPS) is 24.6. The highest BCUT2D eigenvalue weighted by molar-refractivity contribution is 5.88. The van der Waals surface area contributed by atoms with Gasteiger partial charge < -0.3 is 20.1 Å². The topological polar surface area (TPSA) is 95.9 Å². The zero-order chi connectivity index (χ0) is 24.8. The lowest BCUT2D eigenvalue weighted by Gasteiger charge is -2.50. The van der Waals surface area contributed by atoms with Gasteiger partial charge in [-0.1, -0.05) is 61.4 Å². The Morgan fingerprint density at radius 3 is 2.20 bits per heavy atom. The summed E-state index contributed by atoms with van der Waals surface area (Å²) in [6, 6.07) is 16.0. The number of carboxylic acids is 1. The molecule has 2 fully saturated rings. The van der Waals surface area contributed by atoms with Gasteiger partial charge in [-0.05, 0) is 48.9 Å². The Morgan fingerprint density at radius 2 is 1.60 bits per heavy atom. The Hall–Kier alpha value is -3.35. The second kappa shape index (κ2) is 8.70. The molecule has 1 heterocycles. The number of hydrogen-bond donors (Lipinski definition) is 2. The van der Waals surface area contributed by atoms with E-state index in [1.807, 2.05) is 31.2 Å². The average Bonchev–Trinajstić information content (AvgIpc) is 3.15. The Balaban J connectivity index is 1.25. The summed E-state index contributed by atoms with van der Waals surface area (Å²) in [4.78, 5) is 39.4. The lowest BCUT2D eigenvalue weighted by molar-refractivity contribution is -0.169. The lowest BCUT2D eigenvalue weighted by atomic mass is 9.69. The second-order valence-electron chi connectivity index (χ2n) is 10.7.